The van der Waals surface area contributed by atoms with Crippen LogP contribution < -0.4 is 10.2 Å². The number of hydrogen-bond donors (Lipinski definition) is 2. The normalized spacial score (nSPS) is 18.3. The van der Waals surface area contributed by atoms with Crippen LogP contribution in [0.2, 0.25) is 0 Å². The van der Waals surface area contributed by atoms with Crippen LogP contribution in [-0.2, 0) is 11.3 Å². The Labute approximate surface area is 181 Å². The summed E-state index contributed by atoms with van der Waals surface area (Å²) in [4.78, 5) is 15.7. The summed E-state index contributed by atoms with van der Waals surface area (Å²) >= 11 is 1.77. The summed E-state index contributed by atoms with van der Waals surface area (Å²) in [6.07, 6.45) is 2.26. The minimum absolute atomic E-state index is 0.0308. The fourth-order valence-electron chi connectivity index (χ4n) is 4.43. The first-order valence-electron chi connectivity index (χ1n) is 10.4. The van der Waals surface area contributed by atoms with Gasteiger partial charge in [-0.05, 0) is 36.4 Å². The molecule has 2 N–H and O–H groups in total. The molecule has 154 valence electrons. The van der Waals surface area contributed by atoms with Crippen molar-refractivity contribution in [2.45, 2.75) is 39.3 Å². The zero-order chi connectivity index (χ0) is 21.1. The standard InChI is InChI=1S/C24H26N4OS/c1-17-18(2)28(15-19-8-4-3-5-9-19)24(20(17)14-25)26-23(29)16-27-12-6-10-21(27)22-11-7-13-30-22/h3-5,7-9,11,13,21H,6,10,12,15-16H2,1-2H3,(H,26,29)/p+1/t21-/m1/s1. The van der Waals surface area contributed by atoms with E-state index in [1.165, 1.54) is 9.78 Å². The van der Waals surface area contributed by atoms with Crippen LogP contribution in [0, 0.1) is 25.2 Å². The van der Waals surface area contributed by atoms with Crippen LogP contribution in [0.3, 0.4) is 0 Å². The number of carbonyl (C=O) groups excluding carboxylic acids is 1. The topological polar surface area (TPSA) is 62.3 Å². The monoisotopic (exact) mass is 419 g/mol. The summed E-state index contributed by atoms with van der Waals surface area (Å²) < 4.78 is 2.05. The average Bonchev–Trinajstić information content (AvgIpc) is 3.47. The Balaban J connectivity index is 1.55. The molecule has 1 fully saturated rings. The fraction of sp³-hybridized carbons (Fsp3) is 0.333. The fourth-order valence-corrected chi connectivity index (χ4v) is 5.35. The number of aromatic nitrogens is 1. The summed E-state index contributed by atoms with van der Waals surface area (Å²) in [6.45, 7) is 6.00. The van der Waals surface area contributed by atoms with Gasteiger partial charge in [-0.2, -0.15) is 5.26 Å². The van der Waals surface area contributed by atoms with Gasteiger partial charge in [-0.3, -0.25) is 4.79 Å². The van der Waals surface area contributed by atoms with Gasteiger partial charge in [0.25, 0.3) is 5.91 Å². The third-order valence-corrected chi connectivity index (χ3v) is 7.13. The number of amides is 1. The zero-order valence-electron chi connectivity index (χ0n) is 17.4. The number of benzene rings is 1. The molecule has 30 heavy (non-hydrogen) atoms. The van der Waals surface area contributed by atoms with E-state index in [0.717, 1.165) is 36.2 Å². The number of nitrogens with one attached hydrogen (secondary N) is 2. The maximum Gasteiger partial charge on any atom is 0.280 e. The molecule has 2 aromatic heterocycles. The first-order chi connectivity index (χ1) is 14.6. The highest BCUT2D eigenvalue weighted by molar-refractivity contribution is 7.10. The van der Waals surface area contributed by atoms with E-state index in [-0.39, 0.29) is 5.91 Å². The molecule has 1 aromatic carbocycles. The van der Waals surface area contributed by atoms with E-state index in [1.54, 1.807) is 11.3 Å². The van der Waals surface area contributed by atoms with Gasteiger partial charge in [0, 0.05) is 25.1 Å². The van der Waals surface area contributed by atoms with E-state index in [0.29, 0.717) is 30.5 Å². The zero-order valence-corrected chi connectivity index (χ0v) is 18.3. The molecule has 3 aromatic rings. The smallest absolute Gasteiger partial charge is 0.280 e. The maximum atomic E-state index is 13.0. The first-order valence-corrected chi connectivity index (χ1v) is 11.3. The van der Waals surface area contributed by atoms with Crippen molar-refractivity contribution in [3.63, 3.8) is 0 Å². The third kappa shape index (κ3) is 4.04. The van der Waals surface area contributed by atoms with Crippen molar-refractivity contribution < 1.29 is 9.69 Å². The van der Waals surface area contributed by atoms with E-state index in [9.17, 15) is 10.1 Å². The third-order valence-electron chi connectivity index (χ3n) is 6.14. The number of likely N-dealkylation sites (tertiary alicyclic amines) is 1. The minimum Gasteiger partial charge on any atom is -0.326 e. The van der Waals surface area contributed by atoms with E-state index in [1.807, 2.05) is 32.0 Å². The van der Waals surface area contributed by atoms with Crippen LogP contribution in [0.1, 0.15) is 46.1 Å². The average molecular weight is 420 g/mol. The molecule has 5 nitrogen and oxygen atoms in total. The van der Waals surface area contributed by atoms with Crippen LogP contribution in [0.4, 0.5) is 5.82 Å². The second-order valence-electron chi connectivity index (χ2n) is 7.96. The molecule has 0 radical (unpaired) electrons. The first kappa shape index (κ1) is 20.4. The highest BCUT2D eigenvalue weighted by Crippen LogP contribution is 2.27. The summed E-state index contributed by atoms with van der Waals surface area (Å²) in [6, 6.07) is 17.1. The van der Waals surface area contributed by atoms with E-state index in [2.05, 4.69) is 45.6 Å². The number of carbonyl (C=O) groups is 1. The van der Waals surface area contributed by atoms with Gasteiger partial charge in [-0.25, -0.2) is 0 Å². The molecule has 0 bridgehead atoms. The van der Waals surface area contributed by atoms with Crippen molar-refractivity contribution in [3.8, 4) is 6.07 Å². The number of quaternary nitrogens is 1. The molecule has 1 unspecified atom stereocenters. The Bertz CT molecular complexity index is 1060. The Morgan fingerprint density at radius 2 is 2.07 bits per heavy atom. The van der Waals surface area contributed by atoms with Gasteiger partial charge in [0.2, 0.25) is 0 Å². The molecule has 1 saturated heterocycles. The summed E-state index contributed by atoms with van der Waals surface area (Å²) in [5.41, 5.74) is 3.63. The Morgan fingerprint density at radius 1 is 1.27 bits per heavy atom. The van der Waals surface area contributed by atoms with Gasteiger partial charge in [-0.1, -0.05) is 36.4 Å². The Hall–Kier alpha value is -2.88. The highest BCUT2D eigenvalue weighted by atomic mass is 32.1. The van der Waals surface area contributed by atoms with E-state index in [4.69, 9.17) is 0 Å². The molecule has 0 aliphatic carbocycles. The number of nitriles is 1. The van der Waals surface area contributed by atoms with Crippen LogP contribution >= 0.6 is 11.3 Å². The summed E-state index contributed by atoms with van der Waals surface area (Å²) in [7, 11) is 0. The lowest BCUT2D eigenvalue weighted by Gasteiger charge is -2.20. The number of nitrogens with zero attached hydrogens (tertiary/aromatic N) is 2. The van der Waals surface area contributed by atoms with Crippen LogP contribution in [0.5, 0.6) is 0 Å². The Kier molecular flexibility index (Phi) is 6.03. The van der Waals surface area contributed by atoms with Crippen LogP contribution in [-0.4, -0.2) is 23.6 Å². The molecule has 1 aliphatic rings. The number of anilines is 1. The summed E-state index contributed by atoms with van der Waals surface area (Å²) in [5.74, 6) is 0.587. The molecule has 4 rings (SSSR count). The quantitative estimate of drug-likeness (QED) is 0.643. The van der Waals surface area contributed by atoms with Gasteiger partial charge in [0.05, 0.1) is 17.0 Å². The Morgan fingerprint density at radius 3 is 2.77 bits per heavy atom. The minimum atomic E-state index is -0.0308. The lowest BCUT2D eigenvalue weighted by molar-refractivity contribution is -0.910. The van der Waals surface area contributed by atoms with Gasteiger partial charge in [0.15, 0.2) is 6.54 Å². The number of hydrogen-bond acceptors (Lipinski definition) is 3. The lowest BCUT2D eigenvalue weighted by atomic mass is 10.2. The van der Waals surface area contributed by atoms with Crippen molar-refractivity contribution in [1.29, 1.82) is 5.26 Å². The molecular formula is C24H27N4OS+. The van der Waals surface area contributed by atoms with Crippen molar-refractivity contribution in [2.24, 2.45) is 0 Å². The van der Waals surface area contributed by atoms with Crippen LogP contribution in [0.25, 0.3) is 0 Å². The lowest BCUT2D eigenvalue weighted by Crippen LogP contribution is -3.11. The van der Waals surface area contributed by atoms with Gasteiger partial charge < -0.3 is 14.8 Å². The second kappa shape index (κ2) is 8.86. The molecular weight excluding hydrogens is 392 g/mol. The van der Waals surface area contributed by atoms with Crippen molar-refractivity contribution >= 4 is 23.1 Å². The van der Waals surface area contributed by atoms with Crippen LogP contribution in [0.15, 0.2) is 47.8 Å². The molecule has 3 heterocycles. The summed E-state index contributed by atoms with van der Waals surface area (Å²) in [5, 5.41) is 14.9. The predicted molar refractivity (Wildman–Crippen MR) is 120 cm³/mol. The van der Waals surface area contributed by atoms with E-state index >= 15 is 0 Å². The van der Waals surface area contributed by atoms with Gasteiger partial charge >= 0.3 is 0 Å². The maximum absolute atomic E-state index is 13.0. The highest BCUT2D eigenvalue weighted by Gasteiger charge is 2.32. The van der Waals surface area contributed by atoms with Crippen molar-refractivity contribution in [1.82, 2.24) is 4.57 Å². The van der Waals surface area contributed by atoms with Gasteiger partial charge in [-0.15, -0.1) is 11.3 Å². The van der Waals surface area contributed by atoms with Gasteiger partial charge in [0.1, 0.15) is 17.9 Å². The van der Waals surface area contributed by atoms with Crippen molar-refractivity contribution in [3.05, 3.63) is 75.1 Å². The molecule has 2 atom stereocenters. The largest absolute Gasteiger partial charge is 0.326 e. The predicted octanol–water partition coefficient (Wildman–Crippen LogP) is 3.44. The van der Waals surface area contributed by atoms with Crippen molar-refractivity contribution in [2.75, 3.05) is 18.4 Å². The molecule has 0 saturated carbocycles. The second-order valence-corrected chi connectivity index (χ2v) is 8.94. The van der Waals surface area contributed by atoms with E-state index < -0.39 is 0 Å². The number of thiophene rings is 1. The number of rotatable bonds is 6. The molecule has 1 aliphatic heterocycles. The SMILES string of the molecule is Cc1c(C#N)c(NC(=O)C[NH+]2CCC[C@@H]2c2cccs2)n(Cc2ccccc2)c1C. The molecule has 0 spiro atoms. The molecule has 6 heteroatoms. The molecule has 1 amide bonds.